The first-order valence-electron chi connectivity index (χ1n) is 11.4. The number of fused-ring (bicyclic) bond motifs is 1. The van der Waals surface area contributed by atoms with Crippen LogP contribution in [0.2, 0.25) is 0 Å². The van der Waals surface area contributed by atoms with E-state index in [1.807, 2.05) is 5.32 Å². The number of amides is 3. The molecule has 39 heavy (non-hydrogen) atoms. The van der Waals surface area contributed by atoms with Crippen molar-refractivity contribution >= 4 is 34.5 Å². The maximum absolute atomic E-state index is 12.7. The fourth-order valence-corrected chi connectivity index (χ4v) is 4.06. The number of rotatable bonds is 6. The Kier molecular flexibility index (Phi) is 7.51. The number of nitrogens with two attached hydrogens (primary N) is 1. The maximum atomic E-state index is 12.7. The first-order chi connectivity index (χ1) is 18.3. The van der Waals surface area contributed by atoms with Gasteiger partial charge in [-0.15, -0.1) is 0 Å². The number of benzene rings is 1. The molecular formula is C24H21F6N7O2. The van der Waals surface area contributed by atoms with Crippen LogP contribution in [0.15, 0.2) is 54.6 Å². The zero-order valence-corrected chi connectivity index (χ0v) is 20.0. The fraction of sp³-hybridized carbons (Fsp3) is 0.250. The molecule has 2 aromatic heterocycles. The molecule has 1 aliphatic carbocycles. The van der Waals surface area contributed by atoms with Gasteiger partial charge in [0.2, 0.25) is 0 Å². The van der Waals surface area contributed by atoms with E-state index in [1.54, 1.807) is 12.2 Å². The number of allylic oxidation sites excluding steroid dienone is 4. The van der Waals surface area contributed by atoms with E-state index >= 15 is 0 Å². The largest absolute Gasteiger partial charge is 0.405 e. The summed E-state index contributed by atoms with van der Waals surface area (Å²) in [4.78, 5) is 29.0. The van der Waals surface area contributed by atoms with Gasteiger partial charge in [0.15, 0.2) is 5.82 Å². The van der Waals surface area contributed by atoms with E-state index < -0.39 is 37.3 Å². The van der Waals surface area contributed by atoms with Crippen molar-refractivity contribution in [2.24, 2.45) is 0 Å². The molecule has 0 radical (unpaired) electrons. The summed E-state index contributed by atoms with van der Waals surface area (Å²) in [6.07, 6.45) is -4.09. The predicted octanol–water partition coefficient (Wildman–Crippen LogP) is 4.59. The van der Waals surface area contributed by atoms with Crippen molar-refractivity contribution in [3.8, 4) is 0 Å². The van der Waals surface area contributed by atoms with Gasteiger partial charge in [-0.3, -0.25) is 4.79 Å². The number of hydrogen-bond acceptors (Lipinski definition) is 5. The van der Waals surface area contributed by atoms with E-state index in [0.717, 1.165) is 6.33 Å². The van der Waals surface area contributed by atoms with Crippen LogP contribution < -0.4 is 21.7 Å². The van der Waals surface area contributed by atoms with Crippen LogP contribution in [-0.2, 0) is 6.42 Å². The molecular weight excluding hydrogens is 532 g/mol. The molecule has 0 bridgehead atoms. The average Bonchev–Trinajstić information content (AvgIpc) is 3.23. The molecule has 3 amide bonds. The molecule has 1 aromatic carbocycles. The number of nitrogen functional groups attached to an aromatic ring is 1. The molecule has 0 atom stereocenters. The van der Waals surface area contributed by atoms with Crippen LogP contribution in [0.25, 0.3) is 11.1 Å². The third-order valence-corrected chi connectivity index (χ3v) is 5.63. The van der Waals surface area contributed by atoms with E-state index in [2.05, 4.69) is 20.7 Å². The first kappa shape index (κ1) is 27.5. The zero-order valence-electron chi connectivity index (χ0n) is 20.0. The van der Waals surface area contributed by atoms with Crippen molar-refractivity contribution in [1.82, 2.24) is 25.2 Å². The topological polar surface area (TPSA) is 126 Å². The van der Waals surface area contributed by atoms with Crippen LogP contribution in [0, 0.1) is 0 Å². The summed E-state index contributed by atoms with van der Waals surface area (Å²) in [5.74, 6) is -0.969. The van der Waals surface area contributed by atoms with Crippen LogP contribution >= 0.6 is 0 Å². The molecule has 3 aromatic rings. The lowest BCUT2D eigenvalue weighted by Crippen LogP contribution is -2.34. The smallest absolute Gasteiger partial charge is 0.382 e. The quantitative estimate of drug-likeness (QED) is 0.332. The minimum absolute atomic E-state index is 0.0100. The van der Waals surface area contributed by atoms with Crippen LogP contribution in [0.1, 0.15) is 34.3 Å². The van der Waals surface area contributed by atoms with Crippen LogP contribution in [0.5, 0.6) is 0 Å². The Morgan fingerprint density at radius 1 is 1.03 bits per heavy atom. The van der Waals surface area contributed by atoms with Gasteiger partial charge in [-0.1, -0.05) is 18.2 Å². The second-order valence-corrected chi connectivity index (χ2v) is 8.61. The van der Waals surface area contributed by atoms with Gasteiger partial charge in [0.1, 0.15) is 18.4 Å². The van der Waals surface area contributed by atoms with Crippen molar-refractivity contribution in [1.29, 1.82) is 0 Å². The Morgan fingerprint density at radius 3 is 2.46 bits per heavy atom. The summed E-state index contributed by atoms with van der Waals surface area (Å²) in [6.45, 7) is -1.53. The third-order valence-electron chi connectivity index (χ3n) is 5.63. The van der Waals surface area contributed by atoms with Crippen LogP contribution in [0.4, 0.5) is 42.6 Å². The second kappa shape index (κ2) is 10.7. The van der Waals surface area contributed by atoms with Gasteiger partial charge in [0.05, 0.1) is 12.0 Å². The molecule has 0 spiro atoms. The lowest BCUT2D eigenvalue weighted by Gasteiger charge is -2.17. The highest BCUT2D eigenvalue weighted by atomic mass is 19.4. The number of aromatic nitrogens is 3. The molecule has 0 saturated carbocycles. The minimum Gasteiger partial charge on any atom is -0.382 e. The SMILES string of the molecule is Nc1ncnn2cc(C(=O)NCC(F)(F)F)c(C3=CC=C(NC(=O)Nc4cccc(CC(F)(F)F)c4)CC3)c12. The van der Waals surface area contributed by atoms with Gasteiger partial charge in [0, 0.05) is 23.1 Å². The Morgan fingerprint density at radius 2 is 1.79 bits per heavy atom. The number of nitrogens with zero attached hydrogens (tertiary/aromatic N) is 3. The highest BCUT2D eigenvalue weighted by molar-refractivity contribution is 6.04. The summed E-state index contributed by atoms with van der Waals surface area (Å²) in [7, 11) is 0. The molecule has 206 valence electrons. The van der Waals surface area contributed by atoms with Crippen molar-refractivity contribution < 1.29 is 35.9 Å². The number of halogens is 6. The predicted molar refractivity (Wildman–Crippen MR) is 129 cm³/mol. The van der Waals surface area contributed by atoms with Crippen molar-refractivity contribution in [2.45, 2.75) is 31.6 Å². The fourth-order valence-electron chi connectivity index (χ4n) is 4.06. The van der Waals surface area contributed by atoms with Crippen LogP contribution in [-0.4, -0.2) is 45.4 Å². The van der Waals surface area contributed by atoms with Gasteiger partial charge in [-0.2, -0.15) is 31.4 Å². The molecule has 2 heterocycles. The Labute approximate surface area is 216 Å². The van der Waals surface area contributed by atoms with E-state index in [1.165, 1.54) is 35.0 Å². The van der Waals surface area contributed by atoms with Crippen molar-refractivity contribution in [2.75, 3.05) is 17.6 Å². The molecule has 5 N–H and O–H groups in total. The summed E-state index contributed by atoms with van der Waals surface area (Å²) < 4.78 is 77.2. The number of urea groups is 1. The van der Waals surface area contributed by atoms with E-state index in [0.29, 0.717) is 11.3 Å². The van der Waals surface area contributed by atoms with Crippen molar-refractivity contribution in [3.63, 3.8) is 0 Å². The van der Waals surface area contributed by atoms with E-state index in [-0.39, 0.29) is 46.6 Å². The van der Waals surface area contributed by atoms with Gasteiger partial charge < -0.3 is 21.7 Å². The number of hydrogen-bond donors (Lipinski definition) is 4. The standard InChI is InChI=1S/C24H21F6N7O2/c25-23(26,27)9-13-2-1-3-16(8-13)36-22(39)35-15-6-4-14(5-7-15)18-17(21(38)32-11-24(28,29)30)10-37-19(18)20(31)33-12-34-37/h1-4,6,8,10,12H,5,7,9,11H2,(H,32,38)(H2,31,33,34)(H2,35,36,39). The van der Waals surface area contributed by atoms with Gasteiger partial charge in [-0.25, -0.2) is 14.3 Å². The maximum Gasteiger partial charge on any atom is 0.405 e. The van der Waals surface area contributed by atoms with Gasteiger partial charge in [-0.05, 0) is 42.2 Å². The van der Waals surface area contributed by atoms with E-state index in [4.69, 9.17) is 5.73 Å². The van der Waals surface area contributed by atoms with E-state index in [9.17, 15) is 35.9 Å². The lowest BCUT2D eigenvalue weighted by atomic mass is 9.93. The number of anilines is 2. The van der Waals surface area contributed by atoms with Gasteiger partial charge >= 0.3 is 18.4 Å². The molecule has 1 aliphatic rings. The summed E-state index contributed by atoms with van der Waals surface area (Å²) in [5, 5.41) is 10.9. The number of nitrogens with one attached hydrogen (secondary N) is 3. The molecule has 0 saturated heterocycles. The number of carbonyl (C=O) groups excluding carboxylic acids is 2. The lowest BCUT2D eigenvalue weighted by molar-refractivity contribution is -0.127. The third kappa shape index (κ3) is 7.06. The molecule has 4 rings (SSSR count). The molecule has 0 aliphatic heterocycles. The molecule has 0 unspecified atom stereocenters. The monoisotopic (exact) mass is 553 g/mol. The Balaban J connectivity index is 1.53. The summed E-state index contributed by atoms with van der Waals surface area (Å²) in [5.41, 5.74) is 7.55. The summed E-state index contributed by atoms with van der Waals surface area (Å²) in [6, 6.07) is 4.68. The molecule has 9 nitrogen and oxygen atoms in total. The number of carbonyl (C=O) groups is 2. The number of alkyl halides is 6. The molecule has 0 fully saturated rings. The average molecular weight is 553 g/mol. The molecule has 15 heteroatoms. The normalized spacial score (nSPS) is 14.0. The highest BCUT2D eigenvalue weighted by Gasteiger charge is 2.30. The van der Waals surface area contributed by atoms with Crippen molar-refractivity contribution in [3.05, 3.63) is 71.3 Å². The first-order valence-corrected chi connectivity index (χ1v) is 11.4. The zero-order chi connectivity index (χ0) is 28.4. The Hall–Kier alpha value is -4.56. The summed E-state index contributed by atoms with van der Waals surface area (Å²) >= 11 is 0. The second-order valence-electron chi connectivity index (χ2n) is 8.61. The van der Waals surface area contributed by atoms with Gasteiger partial charge in [0.25, 0.3) is 5.91 Å². The minimum atomic E-state index is -4.61. The van der Waals surface area contributed by atoms with Crippen LogP contribution in [0.3, 0.4) is 0 Å². The Bertz CT molecular complexity index is 1470. The highest BCUT2D eigenvalue weighted by Crippen LogP contribution is 2.34.